The average molecular weight is 712 g/mol. The lowest BCUT2D eigenvalue weighted by molar-refractivity contribution is 0.749. The molecule has 3 heterocycles. The van der Waals surface area contributed by atoms with E-state index in [1.165, 1.54) is 66.4 Å². The fourth-order valence-electron chi connectivity index (χ4n) is 9.67. The van der Waals surface area contributed by atoms with Crippen molar-refractivity contribution in [1.82, 2.24) is 14.5 Å². The van der Waals surface area contributed by atoms with Crippen molar-refractivity contribution in [1.29, 1.82) is 0 Å². The van der Waals surface area contributed by atoms with Crippen LogP contribution in [0.15, 0.2) is 200 Å². The van der Waals surface area contributed by atoms with Gasteiger partial charge in [0.25, 0.3) is 0 Å². The Kier molecular flexibility index (Phi) is 6.55. The molecule has 1 aliphatic heterocycles. The number of hydrogen-bond donors (Lipinski definition) is 0. The SMILES string of the molecule is c1ccc(-c2cc(-c3ccccc3)nc(-c3cccc(-c4cc5c6c(c4)c4ccccc4n6-c4ccccc4C54c5ccccc5-c5ccccc54)c3)n2)cc1. The molecule has 2 aliphatic rings. The van der Waals surface area contributed by atoms with Gasteiger partial charge in [-0.05, 0) is 80.9 Å². The first-order valence-corrected chi connectivity index (χ1v) is 19.2. The molecule has 0 saturated carbocycles. The van der Waals surface area contributed by atoms with Gasteiger partial charge < -0.3 is 4.57 Å². The number of benzene rings is 8. The minimum absolute atomic E-state index is 0.502. The van der Waals surface area contributed by atoms with E-state index in [-0.39, 0.29) is 0 Å². The quantitative estimate of drug-likeness (QED) is 0.182. The van der Waals surface area contributed by atoms with Crippen molar-refractivity contribution >= 4 is 21.8 Å². The molecule has 0 atom stereocenters. The van der Waals surface area contributed by atoms with Crippen LogP contribution in [0.2, 0.25) is 0 Å². The van der Waals surface area contributed by atoms with E-state index >= 15 is 0 Å². The number of fused-ring (bicyclic) bond motifs is 12. The molecule has 0 unspecified atom stereocenters. The highest BCUT2D eigenvalue weighted by molar-refractivity contribution is 6.14. The molecule has 12 rings (SSSR count). The largest absolute Gasteiger partial charge is 0.309 e. The lowest BCUT2D eigenvalue weighted by atomic mass is 9.65. The Morgan fingerprint density at radius 1 is 0.357 bits per heavy atom. The maximum atomic E-state index is 5.19. The maximum Gasteiger partial charge on any atom is 0.160 e. The lowest BCUT2D eigenvalue weighted by Gasteiger charge is -2.39. The predicted molar refractivity (Wildman–Crippen MR) is 229 cm³/mol. The smallest absolute Gasteiger partial charge is 0.160 e. The van der Waals surface area contributed by atoms with Gasteiger partial charge in [-0.1, -0.05) is 164 Å². The molecule has 0 saturated heterocycles. The molecule has 1 spiro atoms. The van der Waals surface area contributed by atoms with Crippen molar-refractivity contribution in [3.8, 4) is 61.8 Å². The van der Waals surface area contributed by atoms with Crippen molar-refractivity contribution < 1.29 is 0 Å². The fourth-order valence-corrected chi connectivity index (χ4v) is 9.67. The third-order valence-electron chi connectivity index (χ3n) is 12.0. The molecule has 56 heavy (non-hydrogen) atoms. The van der Waals surface area contributed by atoms with Crippen molar-refractivity contribution in [2.24, 2.45) is 0 Å². The Morgan fingerprint density at radius 3 is 1.61 bits per heavy atom. The number of para-hydroxylation sites is 2. The summed E-state index contributed by atoms with van der Waals surface area (Å²) in [5, 5.41) is 2.50. The van der Waals surface area contributed by atoms with E-state index in [1.54, 1.807) is 0 Å². The summed E-state index contributed by atoms with van der Waals surface area (Å²) in [5.74, 6) is 0.704. The number of hydrogen-bond acceptors (Lipinski definition) is 2. The molecular weight excluding hydrogens is 679 g/mol. The van der Waals surface area contributed by atoms with Gasteiger partial charge in [-0.3, -0.25) is 0 Å². The number of rotatable bonds is 4. The molecule has 260 valence electrons. The predicted octanol–water partition coefficient (Wildman–Crippen LogP) is 12.9. The van der Waals surface area contributed by atoms with Crippen LogP contribution in [0.25, 0.3) is 83.6 Å². The minimum atomic E-state index is -0.502. The first-order valence-electron chi connectivity index (χ1n) is 19.2. The van der Waals surface area contributed by atoms with Crippen LogP contribution < -0.4 is 0 Å². The summed E-state index contributed by atoms with van der Waals surface area (Å²) in [6, 6.07) is 72.5. The zero-order chi connectivity index (χ0) is 36.8. The van der Waals surface area contributed by atoms with Crippen molar-refractivity contribution in [3.05, 3.63) is 222 Å². The van der Waals surface area contributed by atoms with E-state index in [0.29, 0.717) is 5.82 Å². The van der Waals surface area contributed by atoms with E-state index in [0.717, 1.165) is 33.6 Å². The van der Waals surface area contributed by atoms with Crippen LogP contribution in [-0.2, 0) is 5.41 Å². The molecule has 3 heteroatoms. The van der Waals surface area contributed by atoms with Gasteiger partial charge in [-0.2, -0.15) is 0 Å². The van der Waals surface area contributed by atoms with Gasteiger partial charge in [-0.25, -0.2) is 9.97 Å². The van der Waals surface area contributed by atoms with Gasteiger partial charge in [0.1, 0.15) is 0 Å². The summed E-state index contributed by atoms with van der Waals surface area (Å²) in [4.78, 5) is 10.4. The molecule has 0 amide bonds. The molecule has 0 N–H and O–H groups in total. The molecule has 0 fully saturated rings. The van der Waals surface area contributed by atoms with Gasteiger partial charge in [0.05, 0.1) is 33.5 Å². The van der Waals surface area contributed by atoms with Crippen LogP contribution in [0.4, 0.5) is 0 Å². The minimum Gasteiger partial charge on any atom is -0.309 e. The topological polar surface area (TPSA) is 30.7 Å². The zero-order valence-corrected chi connectivity index (χ0v) is 30.4. The van der Waals surface area contributed by atoms with Gasteiger partial charge >= 0.3 is 0 Å². The van der Waals surface area contributed by atoms with Crippen LogP contribution in [0.3, 0.4) is 0 Å². The summed E-state index contributed by atoms with van der Waals surface area (Å²) < 4.78 is 2.51. The standard InChI is InChI=1S/C53H33N3/c1-3-16-34(17-4-1)47-33-48(35-18-5-2-6-19-35)55-52(54-47)37-21-15-20-36(30-37)38-31-42-41-24-9-13-28-49(41)56-50-29-14-12-27-45(50)53(46(32-38)51(42)56)43-25-10-7-22-39(43)40-23-8-11-26-44(40)53/h1-33H. The highest BCUT2D eigenvalue weighted by Crippen LogP contribution is 2.61. The van der Waals surface area contributed by atoms with Crippen LogP contribution in [-0.4, -0.2) is 14.5 Å². The molecule has 0 bridgehead atoms. The fraction of sp³-hybridized carbons (Fsp3) is 0.0189. The molecule has 10 aromatic rings. The summed E-state index contributed by atoms with van der Waals surface area (Å²) in [7, 11) is 0. The van der Waals surface area contributed by atoms with Crippen LogP contribution in [0.5, 0.6) is 0 Å². The molecule has 3 nitrogen and oxygen atoms in total. The highest BCUT2D eigenvalue weighted by atomic mass is 15.0. The summed E-state index contributed by atoms with van der Waals surface area (Å²) in [6.45, 7) is 0. The first-order chi connectivity index (χ1) is 27.8. The third kappa shape index (κ3) is 4.28. The van der Waals surface area contributed by atoms with Crippen molar-refractivity contribution in [3.63, 3.8) is 0 Å². The maximum absolute atomic E-state index is 5.19. The Morgan fingerprint density at radius 2 is 0.911 bits per heavy atom. The van der Waals surface area contributed by atoms with Crippen molar-refractivity contribution in [2.75, 3.05) is 0 Å². The molecule has 2 aromatic heterocycles. The van der Waals surface area contributed by atoms with Gasteiger partial charge in [-0.15, -0.1) is 0 Å². The van der Waals surface area contributed by atoms with Crippen LogP contribution >= 0.6 is 0 Å². The Hall–Kier alpha value is -7.36. The number of nitrogens with zero attached hydrogens (tertiary/aromatic N) is 3. The van der Waals surface area contributed by atoms with E-state index in [9.17, 15) is 0 Å². The Bertz CT molecular complexity index is 3090. The summed E-state index contributed by atoms with van der Waals surface area (Å²) in [5.41, 5.74) is 18.3. The lowest BCUT2D eigenvalue weighted by Crippen LogP contribution is -2.33. The zero-order valence-electron chi connectivity index (χ0n) is 30.4. The summed E-state index contributed by atoms with van der Waals surface area (Å²) >= 11 is 0. The second kappa shape index (κ2) is 11.8. The molecule has 0 radical (unpaired) electrons. The molecule has 1 aliphatic carbocycles. The monoisotopic (exact) mass is 711 g/mol. The van der Waals surface area contributed by atoms with Crippen LogP contribution in [0.1, 0.15) is 22.3 Å². The van der Waals surface area contributed by atoms with Crippen molar-refractivity contribution in [2.45, 2.75) is 5.41 Å². The normalized spacial score (nSPS) is 13.1. The number of aromatic nitrogens is 3. The van der Waals surface area contributed by atoms with E-state index in [4.69, 9.17) is 9.97 Å². The summed E-state index contributed by atoms with van der Waals surface area (Å²) in [6.07, 6.45) is 0. The molecule has 8 aromatic carbocycles. The second-order valence-electron chi connectivity index (χ2n) is 14.9. The Balaban J connectivity index is 1.14. The Labute approximate surface area is 324 Å². The van der Waals surface area contributed by atoms with E-state index in [2.05, 4.69) is 193 Å². The van der Waals surface area contributed by atoms with E-state index in [1.807, 2.05) is 12.1 Å². The highest BCUT2D eigenvalue weighted by Gasteiger charge is 2.50. The van der Waals surface area contributed by atoms with Crippen LogP contribution in [0, 0.1) is 0 Å². The van der Waals surface area contributed by atoms with Gasteiger partial charge in [0.2, 0.25) is 0 Å². The van der Waals surface area contributed by atoms with E-state index < -0.39 is 5.41 Å². The van der Waals surface area contributed by atoms with Gasteiger partial charge in [0, 0.05) is 27.5 Å². The third-order valence-corrected chi connectivity index (χ3v) is 12.0. The molecular formula is C53H33N3. The van der Waals surface area contributed by atoms with Gasteiger partial charge in [0.15, 0.2) is 5.82 Å². The average Bonchev–Trinajstić information content (AvgIpc) is 3.77. The second-order valence-corrected chi connectivity index (χ2v) is 14.9. The first kappa shape index (κ1) is 31.0.